The summed E-state index contributed by atoms with van der Waals surface area (Å²) in [6.07, 6.45) is 2.34. The van der Waals surface area contributed by atoms with Gasteiger partial charge in [-0.3, -0.25) is 4.90 Å². The number of ether oxygens (including phenoxy) is 2. The Labute approximate surface area is 125 Å². The van der Waals surface area contributed by atoms with E-state index in [1.165, 1.54) is 5.56 Å². The molecule has 1 atom stereocenters. The van der Waals surface area contributed by atoms with Crippen molar-refractivity contribution in [2.45, 2.75) is 32.1 Å². The quantitative estimate of drug-likeness (QED) is 0.852. The van der Waals surface area contributed by atoms with Crippen LogP contribution < -0.4 is 0 Å². The lowest BCUT2D eigenvalue weighted by Gasteiger charge is -2.37. The number of hydrogen-bond donors (Lipinski definition) is 0. The van der Waals surface area contributed by atoms with Crippen molar-refractivity contribution in [2.24, 2.45) is 5.92 Å². The van der Waals surface area contributed by atoms with Gasteiger partial charge in [0.2, 0.25) is 0 Å². The van der Waals surface area contributed by atoms with Gasteiger partial charge in [0.25, 0.3) is 0 Å². The van der Waals surface area contributed by atoms with Crippen LogP contribution in [-0.4, -0.2) is 37.5 Å². The lowest BCUT2D eigenvalue weighted by Crippen LogP contribution is -2.39. The van der Waals surface area contributed by atoms with Crippen molar-refractivity contribution in [3.8, 4) is 0 Å². The Hall–Kier alpha value is -0.610. The average molecular weight is 296 g/mol. The topological polar surface area (TPSA) is 21.7 Å². The Balaban J connectivity index is 1.57. The van der Waals surface area contributed by atoms with Gasteiger partial charge in [-0.15, -0.1) is 0 Å². The van der Waals surface area contributed by atoms with Crippen molar-refractivity contribution >= 4 is 11.6 Å². The molecule has 0 amide bonds. The van der Waals surface area contributed by atoms with Crippen molar-refractivity contribution in [3.63, 3.8) is 0 Å². The molecule has 3 nitrogen and oxygen atoms in total. The van der Waals surface area contributed by atoms with E-state index in [4.69, 9.17) is 21.1 Å². The molecule has 0 radical (unpaired) electrons. The number of rotatable bonds is 3. The third-order valence-corrected chi connectivity index (χ3v) is 4.72. The number of benzene rings is 1. The first-order chi connectivity index (χ1) is 9.74. The molecule has 3 rings (SSSR count). The highest BCUT2D eigenvalue weighted by molar-refractivity contribution is 6.30. The molecule has 2 saturated heterocycles. The van der Waals surface area contributed by atoms with Gasteiger partial charge in [0.15, 0.2) is 6.29 Å². The summed E-state index contributed by atoms with van der Waals surface area (Å²) in [7, 11) is 0. The molecule has 0 aromatic heterocycles. The molecule has 0 saturated carbocycles. The van der Waals surface area contributed by atoms with Crippen LogP contribution in [-0.2, 0) is 9.47 Å². The van der Waals surface area contributed by atoms with Crippen LogP contribution in [0.1, 0.15) is 31.4 Å². The summed E-state index contributed by atoms with van der Waals surface area (Å²) in [6.45, 7) is 5.96. The zero-order valence-electron chi connectivity index (χ0n) is 11.9. The molecule has 0 spiro atoms. The van der Waals surface area contributed by atoms with Gasteiger partial charge in [0, 0.05) is 17.0 Å². The zero-order chi connectivity index (χ0) is 13.9. The minimum atomic E-state index is 0.0404. The maximum Gasteiger partial charge on any atom is 0.160 e. The summed E-state index contributed by atoms with van der Waals surface area (Å²) in [5, 5.41) is 0.817. The summed E-state index contributed by atoms with van der Waals surface area (Å²) in [5.74, 6) is 0.556. The van der Waals surface area contributed by atoms with E-state index in [1.54, 1.807) is 0 Å². The highest BCUT2D eigenvalue weighted by atomic mass is 35.5. The summed E-state index contributed by atoms with van der Waals surface area (Å²) in [6, 6.07) is 8.60. The summed E-state index contributed by atoms with van der Waals surface area (Å²) < 4.78 is 11.3. The van der Waals surface area contributed by atoms with E-state index < -0.39 is 0 Å². The predicted octanol–water partition coefficient (Wildman–Crippen LogP) is 3.49. The first-order valence-corrected chi connectivity index (χ1v) is 7.84. The van der Waals surface area contributed by atoms with Gasteiger partial charge in [-0.05, 0) is 50.6 Å². The lowest BCUT2D eigenvalue weighted by atomic mass is 9.94. The Morgan fingerprint density at radius 3 is 2.55 bits per heavy atom. The van der Waals surface area contributed by atoms with E-state index in [9.17, 15) is 0 Å². The third kappa shape index (κ3) is 3.17. The Kier molecular flexibility index (Phi) is 4.61. The monoisotopic (exact) mass is 295 g/mol. The Morgan fingerprint density at radius 2 is 1.90 bits per heavy atom. The normalized spacial score (nSPS) is 24.1. The second-order valence-electron chi connectivity index (χ2n) is 5.71. The van der Waals surface area contributed by atoms with Gasteiger partial charge in [-0.1, -0.05) is 23.7 Å². The maximum absolute atomic E-state index is 6.09. The van der Waals surface area contributed by atoms with Crippen LogP contribution in [0.4, 0.5) is 0 Å². The molecule has 20 heavy (non-hydrogen) atoms. The first kappa shape index (κ1) is 14.3. The largest absolute Gasteiger partial charge is 0.350 e. The van der Waals surface area contributed by atoms with Crippen molar-refractivity contribution in [2.75, 3.05) is 26.3 Å². The molecule has 2 aliphatic rings. The zero-order valence-corrected chi connectivity index (χ0v) is 12.7. The fraction of sp³-hybridized carbons (Fsp3) is 0.625. The van der Waals surface area contributed by atoms with Gasteiger partial charge in [-0.2, -0.15) is 0 Å². The van der Waals surface area contributed by atoms with Gasteiger partial charge in [-0.25, -0.2) is 0 Å². The Bertz CT molecular complexity index is 440. The fourth-order valence-corrected chi connectivity index (χ4v) is 3.40. The number of hydrogen-bond acceptors (Lipinski definition) is 3. The SMILES string of the molecule is CC(c1cccc(Cl)c1)N1CCC(C2OCCO2)CC1. The molecule has 4 heteroatoms. The molecule has 2 fully saturated rings. The smallest absolute Gasteiger partial charge is 0.160 e. The second-order valence-corrected chi connectivity index (χ2v) is 6.15. The van der Waals surface area contributed by atoms with E-state index >= 15 is 0 Å². The minimum absolute atomic E-state index is 0.0404. The van der Waals surface area contributed by atoms with E-state index in [0.717, 1.165) is 44.2 Å². The van der Waals surface area contributed by atoms with Gasteiger partial charge >= 0.3 is 0 Å². The van der Waals surface area contributed by atoms with Gasteiger partial charge < -0.3 is 9.47 Å². The van der Waals surface area contributed by atoms with Crippen LogP contribution in [0, 0.1) is 5.92 Å². The molecule has 1 aromatic rings. The fourth-order valence-electron chi connectivity index (χ4n) is 3.20. The van der Waals surface area contributed by atoms with Gasteiger partial charge in [0.05, 0.1) is 13.2 Å². The summed E-state index contributed by atoms with van der Waals surface area (Å²) in [4.78, 5) is 2.52. The van der Waals surface area contributed by atoms with E-state index in [2.05, 4.69) is 24.0 Å². The number of nitrogens with zero attached hydrogens (tertiary/aromatic N) is 1. The Morgan fingerprint density at radius 1 is 1.20 bits per heavy atom. The highest BCUT2D eigenvalue weighted by Gasteiger charge is 2.31. The summed E-state index contributed by atoms with van der Waals surface area (Å²) in [5.41, 5.74) is 1.30. The third-order valence-electron chi connectivity index (χ3n) is 4.49. The average Bonchev–Trinajstić information content (AvgIpc) is 3.01. The van der Waals surface area contributed by atoms with Crippen LogP contribution >= 0.6 is 11.6 Å². The van der Waals surface area contributed by atoms with Crippen molar-refractivity contribution in [1.29, 1.82) is 0 Å². The maximum atomic E-state index is 6.09. The first-order valence-electron chi connectivity index (χ1n) is 7.47. The molecule has 2 heterocycles. The number of likely N-dealkylation sites (tertiary alicyclic amines) is 1. The van der Waals surface area contributed by atoms with E-state index in [0.29, 0.717) is 12.0 Å². The standard InChI is InChI=1S/C16H22ClNO2/c1-12(14-3-2-4-15(17)11-14)18-7-5-13(6-8-18)16-19-9-10-20-16/h2-4,11-13,16H,5-10H2,1H3. The molecule has 0 N–H and O–H groups in total. The molecule has 0 aliphatic carbocycles. The van der Waals surface area contributed by atoms with Crippen molar-refractivity contribution in [1.82, 2.24) is 4.90 Å². The number of piperidine rings is 1. The van der Waals surface area contributed by atoms with Crippen LogP contribution in [0.3, 0.4) is 0 Å². The lowest BCUT2D eigenvalue weighted by molar-refractivity contribution is -0.0992. The minimum Gasteiger partial charge on any atom is -0.350 e. The van der Waals surface area contributed by atoms with Crippen LogP contribution in [0.5, 0.6) is 0 Å². The van der Waals surface area contributed by atoms with Gasteiger partial charge in [0.1, 0.15) is 0 Å². The molecule has 1 unspecified atom stereocenters. The van der Waals surface area contributed by atoms with Crippen LogP contribution in [0.2, 0.25) is 5.02 Å². The molecule has 0 bridgehead atoms. The summed E-state index contributed by atoms with van der Waals surface area (Å²) >= 11 is 6.09. The van der Waals surface area contributed by atoms with E-state index in [1.807, 2.05) is 12.1 Å². The van der Waals surface area contributed by atoms with Crippen molar-refractivity contribution < 1.29 is 9.47 Å². The molecule has 2 aliphatic heterocycles. The number of halogens is 1. The molecule has 110 valence electrons. The van der Waals surface area contributed by atoms with Crippen molar-refractivity contribution in [3.05, 3.63) is 34.9 Å². The molecular formula is C16H22ClNO2. The van der Waals surface area contributed by atoms with Crippen LogP contribution in [0.25, 0.3) is 0 Å². The predicted molar refractivity (Wildman–Crippen MR) is 79.9 cm³/mol. The second kappa shape index (κ2) is 6.44. The molecular weight excluding hydrogens is 274 g/mol. The van der Waals surface area contributed by atoms with E-state index in [-0.39, 0.29) is 6.29 Å². The highest BCUT2D eigenvalue weighted by Crippen LogP contribution is 2.31. The van der Waals surface area contributed by atoms with Crippen LogP contribution in [0.15, 0.2) is 24.3 Å². The molecule has 1 aromatic carbocycles.